The van der Waals surface area contributed by atoms with Crippen LogP contribution in [0, 0.1) is 6.92 Å². The SMILES string of the molecule is C.C=C(C)c1ccc(-c2ccccc2C2CC(/C=C\C=C/C)=Cc3ccccc32)c(C)c1.CC. The summed E-state index contributed by atoms with van der Waals surface area (Å²) in [5.41, 5.74) is 11.7. The van der Waals surface area contributed by atoms with Gasteiger partial charge in [0, 0.05) is 5.92 Å². The van der Waals surface area contributed by atoms with Crippen molar-refractivity contribution in [3.63, 3.8) is 0 Å². The van der Waals surface area contributed by atoms with E-state index in [4.69, 9.17) is 0 Å². The van der Waals surface area contributed by atoms with E-state index >= 15 is 0 Å². The Labute approximate surface area is 208 Å². The second-order valence-corrected chi connectivity index (χ2v) is 8.39. The molecule has 3 aromatic carbocycles. The average Bonchev–Trinajstić information content (AvgIpc) is 2.85. The Balaban J connectivity index is 0.00000133. The number of hydrogen-bond acceptors (Lipinski definition) is 0. The van der Waals surface area contributed by atoms with Crippen LogP contribution in [0.25, 0.3) is 22.8 Å². The summed E-state index contributed by atoms with van der Waals surface area (Å²) in [7, 11) is 0. The van der Waals surface area contributed by atoms with Gasteiger partial charge in [0.2, 0.25) is 0 Å². The fourth-order valence-corrected chi connectivity index (χ4v) is 4.53. The third kappa shape index (κ3) is 5.94. The van der Waals surface area contributed by atoms with E-state index in [0.29, 0.717) is 5.92 Å². The lowest BCUT2D eigenvalue weighted by Gasteiger charge is -2.27. The summed E-state index contributed by atoms with van der Waals surface area (Å²) in [5, 5.41) is 0. The lowest BCUT2D eigenvalue weighted by molar-refractivity contribution is 0.800. The fourth-order valence-electron chi connectivity index (χ4n) is 4.53. The zero-order valence-corrected chi connectivity index (χ0v) is 20.7. The van der Waals surface area contributed by atoms with Gasteiger partial charge in [-0.15, -0.1) is 0 Å². The highest BCUT2D eigenvalue weighted by molar-refractivity contribution is 5.76. The van der Waals surface area contributed by atoms with Crippen LogP contribution in [0.2, 0.25) is 0 Å². The molecule has 0 amide bonds. The first-order chi connectivity index (χ1) is 16.1. The standard InChI is InChI=1S/C31H30.C2H6.CH4/c1-5-6-7-12-24-20-26-13-8-9-14-28(26)31(21-24)30-16-11-10-15-29(30)27-18-17-25(22(2)3)19-23(27)4;1-2;/h5-20,31H,2,21H2,1,3-4H3;1-2H3;1H4/b6-5-,12-7-;;. The minimum absolute atomic E-state index is 0. The van der Waals surface area contributed by atoms with Crippen LogP contribution in [-0.4, -0.2) is 0 Å². The number of aryl methyl sites for hydroxylation is 1. The molecule has 0 bridgehead atoms. The summed E-state index contributed by atoms with van der Waals surface area (Å²) in [6.45, 7) is 14.4. The van der Waals surface area contributed by atoms with Gasteiger partial charge in [0.1, 0.15) is 0 Å². The van der Waals surface area contributed by atoms with Crippen molar-refractivity contribution < 1.29 is 0 Å². The molecule has 1 atom stereocenters. The van der Waals surface area contributed by atoms with E-state index in [1.807, 2.05) is 13.8 Å². The molecule has 1 aliphatic carbocycles. The minimum Gasteiger partial charge on any atom is -0.0955 e. The molecule has 0 heteroatoms. The molecular formula is C34H40. The number of rotatable bonds is 5. The molecular weight excluding hydrogens is 408 g/mol. The summed E-state index contributed by atoms with van der Waals surface area (Å²) in [4.78, 5) is 0. The fraction of sp³-hybridized carbons (Fsp3) is 0.235. The normalized spacial score (nSPS) is 14.6. The van der Waals surface area contributed by atoms with Crippen LogP contribution in [-0.2, 0) is 0 Å². The maximum absolute atomic E-state index is 4.11. The monoisotopic (exact) mass is 448 g/mol. The minimum atomic E-state index is 0. The molecule has 0 aromatic heterocycles. The van der Waals surface area contributed by atoms with Crippen LogP contribution in [0.3, 0.4) is 0 Å². The first-order valence-corrected chi connectivity index (χ1v) is 12.0. The van der Waals surface area contributed by atoms with Gasteiger partial charge in [-0.3, -0.25) is 0 Å². The maximum atomic E-state index is 4.11. The van der Waals surface area contributed by atoms with E-state index in [0.717, 1.165) is 12.0 Å². The molecule has 1 aliphatic rings. The van der Waals surface area contributed by atoms with Crippen molar-refractivity contribution >= 4 is 11.6 Å². The van der Waals surface area contributed by atoms with Crippen molar-refractivity contribution in [3.8, 4) is 11.1 Å². The Morgan fingerprint density at radius 3 is 2.24 bits per heavy atom. The average molecular weight is 449 g/mol. The topological polar surface area (TPSA) is 0 Å². The van der Waals surface area contributed by atoms with E-state index in [1.54, 1.807) is 0 Å². The number of hydrogen-bond donors (Lipinski definition) is 0. The second kappa shape index (κ2) is 12.8. The summed E-state index contributed by atoms with van der Waals surface area (Å²) < 4.78 is 0. The smallest absolute Gasteiger partial charge is 0.0142 e. The highest BCUT2D eigenvalue weighted by Gasteiger charge is 2.24. The number of benzene rings is 3. The molecule has 1 unspecified atom stereocenters. The van der Waals surface area contributed by atoms with Gasteiger partial charge in [0.05, 0.1) is 0 Å². The zero-order chi connectivity index (χ0) is 23.8. The van der Waals surface area contributed by atoms with Crippen LogP contribution < -0.4 is 0 Å². The van der Waals surface area contributed by atoms with Gasteiger partial charge in [-0.2, -0.15) is 0 Å². The lowest BCUT2D eigenvalue weighted by Crippen LogP contribution is -2.10. The van der Waals surface area contributed by atoms with Gasteiger partial charge < -0.3 is 0 Å². The molecule has 0 spiro atoms. The Morgan fingerprint density at radius 2 is 1.56 bits per heavy atom. The third-order valence-corrected chi connectivity index (χ3v) is 6.11. The third-order valence-electron chi connectivity index (χ3n) is 6.11. The molecule has 3 aromatic rings. The van der Waals surface area contributed by atoms with Crippen molar-refractivity contribution in [2.75, 3.05) is 0 Å². The van der Waals surface area contributed by atoms with Crippen molar-refractivity contribution in [1.82, 2.24) is 0 Å². The van der Waals surface area contributed by atoms with Gasteiger partial charge in [-0.05, 0) is 71.7 Å². The van der Waals surface area contributed by atoms with Gasteiger partial charge in [-0.25, -0.2) is 0 Å². The molecule has 0 saturated heterocycles. The molecule has 0 fully saturated rings. The molecule has 0 saturated carbocycles. The summed E-state index contributed by atoms with van der Waals surface area (Å²) in [6, 6.07) is 24.4. The molecule has 176 valence electrons. The molecule has 0 nitrogen and oxygen atoms in total. The number of allylic oxidation sites excluding steroid dienone is 6. The number of fused-ring (bicyclic) bond motifs is 1. The van der Waals surface area contributed by atoms with Crippen LogP contribution in [0.15, 0.2) is 103 Å². The van der Waals surface area contributed by atoms with Crippen molar-refractivity contribution in [2.45, 2.75) is 54.4 Å². The largest absolute Gasteiger partial charge is 0.0955 e. The van der Waals surface area contributed by atoms with Gasteiger partial charge in [-0.1, -0.05) is 131 Å². The lowest BCUT2D eigenvalue weighted by atomic mass is 9.76. The summed E-state index contributed by atoms with van der Waals surface area (Å²) >= 11 is 0. The van der Waals surface area contributed by atoms with Crippen molar-refractivity contribution in [3.05, 3.63) is 131 Å². The summed E-state index contributed by atoms with van der Waals surface area (Å²) in [5.74, 6) is 0.336. The van der Waals surface area contributed by atoms with E-state index in [-0.39, 0.29) is 7.43 Å². The maximum Gasteiger partial charge on any atom is 0.0142 e. The van der Waals surface area contributed by atoms with Crippen LogP contribution >= 0.6 is 0 Å². The molecule has 34 heavy (non-hydrogen) atoms. The molecule has 0 aliphatic heterocycles. The van der Waals surface area contributed by atoms with Gasteiger partial charge in [0.25, 0.3) is 0 Å². The first kappa shape index (κ1) is 26.9. The molecule has 0 heterocycles. The zero-order valence-electron chi connectivity index (χ0n) is 20.7. The van der Waals surface area contributed by atoms with Gasteiger partial charge in [0.15, 0.2) is 0 Å². The Hall–Kier alpha value is -3.38. The quantitative estimate of drug-likeness (QED) is 0.340. The van der Waals surface area contributed by atoms with E-state index < -0.39 is 0 Å². The Morgan fingerprint density at radius 1 is 0.882 bits per heavy atom. The van der Waals surface area contributed by atoms with Crippen molar-refractivity contribution in [2.24, 2.45) is 0 Å². The molecule has 4 rings (SSSR count). The molecule has 0 radical (unpaired) electrons. The highest BCUT2D eigenvalue weighted by atomic mass is 14.3. The van der Waals surface area contributed by atoms with Crippen LogP contribution in [0.5, 0.6) is 0 Å². The van der Waals surface area contributed by atoms with E-state index in [2.05, 4.69) is 124 Å². The highest BCUT2D eigenvalue weighted by Crippen LogP contribution is 2.43. The Kier molecular flexibility index (Phi) is 10.1. The predicted molar refractivity (Wildman–Crippen MR) is 154 cm³/mol. The van der Waals surface area contributed by atoms with E-state index in [9.17, 15) is 0 Å². The van der Waals surface area contributed by atoms with Crippen molar-refractivity contribution in [1.29, 1.82) is 0 Å². The van der Waals surface area contributed by atoms with Crippen LogP contribution in [0.4, 0.5) is 0 Å². The van der Waals surface area contributed by atoms with E-state index in [1.165, 1.54) is 44.5 Å². The molecule has 0 N–H and O–H groups in total. The second-order valence-electron chi connectivity index (χ2n) is 8.39. The summed E-state index contributed by atoms with van der Waals surface area (Å²) in [6.07, 6.45) is 11.9. The Bertz CT molecular complexity index is 1200. The first-order valence-electron chi connectivity index (χ1n) is 12.0. The van der Waals surface area contributed by atoms with Gasteiger partial charge >= 0.3 is 0 Å². The predicted octanol–water partition coefficient (Wildman–Crippen LogP) is 10.4. The van der Waals surface area contributed by atoms with Crippen LogP contribution in [0.1, 0.15) is 75.3 Å².